The molecule has 0 bridgehead atoms. The van der Waals surface area contributed by atoms with Crippen molar-refractivity contribution >= 4 is 15.9 Å². The first-order chi connectivity index (χ1) is 15.9. The highest BCUT2D eigenvalue weighted by Gasteiger charge is 2.58. The first-order valence-corrected chi connectivity index (χ1v) is 12.6. The van der Waals surface area contributed by atoms with Crippen molar-refractivity contribution in [3.63, 3.8) is 0 Å². The fourth-order valence-electron chi connectivity index (χ4n) is 6.59. The van der Waals surface area contributed by atoms with Gasteiger partial charge in [0.05, 0.1) is 24.6 Å². The summed E-state index contributed by atoms with van der Waals surface area (Å²) >= 11 is 3.61. The number of halogens is 2. The van der Waals surface area contributed by atoms with E-state index in [1.165, 1.54) is 11.8 Å². The van der Waals surface area contributed by atoms with Gasteiger partial charge in [0, 0.05) is 33.5 Å². The molecular formula is C27H28BrFN2O2. The maximum absolute atomic E-state index is 14.3. The van der Waals surface area contributed by atoms with E-state index in [0.29, 0.717) is 25.0 Å². The van der Waals surface area contributed by atoms with E-state index in [1.807, 2.05) is 18.2 Å². The number of hydrogen-bond acceptors (Lipinski definition) is 3. The van der Waals surface area contributed by atoms with Crippen LogP contribution < -0.4 is 0 Å². The lowest BCUT2D eigenvalue weighted by Crippen LogP contribution is -2.55. The van der Waals surface area contributed by atoms with Gasteiger partial charge in [0.2, 0.25) is 0 Å². The molecule has 1 saturated heterocycles. The molecule has 0 radical (unpaired) electrons. The van der Waals surface area contributed by atoms with Crippen molar-refractivity contribution in [2.45, 2.75) is 50.7 Å². The summed E-state index contributed by atoms with van der Waals surface area (Å²) in [5.41, 5.74) is 4.12. The van der Waals surface area contributed by atoms with Crippen LogP contribution in [0.25, 0.3) is 17.1 Å². The van der Waals surface area contributed by atoms with Gasteiger partial charge in [-0.05, 0) is 55.5 Å². The van der Waals surface area contributed by atoms with Gasteiger partial charge in [-0.25, -0.2) is 9.37 Å². The number of rotatable bonds is 2. The van der Waals surface area contributed by atoms with E-state index in [1.54, 1.807) is 12.1 Å². The standard InChI is InChI=1S/C27H28BrFN2O2/c1-17-22-9-10-23-24(26(22,2)11-12-27(17)32-13-14-33-27)30-25(18-5-3-6-19(28)15-18)31(23)21-8-4-7-20(29)16-21/h3-8,15-17,22H,9-14H2,1-2H3/t17-,22-,26-/m1/s1. The molecule has 2 aromatic carbocycles. The Kier molecular flexibility index (Phi) is 5.05. The summed E-state index contributed by atoms with van der Waals surface area (Å²) in [6, 6.07) is 15.0. The Labute approximate surface area is 202 Å². The second-order valence-electron chi connectivity index (χ2n) is 9.92. The molecule has 1 saturated carbocycles. The van der Waals surface area contributed by atoms with E-state index < -0.39 is 5.79 Å². The number of imidazole rings is 1. The molecular weight excluding hydrogens is 483 g/mol. The van der Waals surface area contributed by atoms with Crippen LogP contribution in [0.1, 0.15) is 44.5 Å². The minimum absolute atomic E-state index is 0.0765. The third kappa shape index (κ3) is 3.25. The van der Waals surface area contributed by atoms with Gasteiger partial charge in [-0.1, -0.05) is 48.0 Å². The SMILES string of the molecule is C[C@@H]1[C@H]2CCc3c(nc(-c4cccc(Br)c4)n3-c3cccc(F)c3)[C@]2(C)CCC12OCCO2. The Morgan fingerprint density at radius 2 is 1.88 bits per heavy atom. The number of nitrogens with zero attached hydrogens (tertiary/aromatic N) is 2. The van der Waals surface area contributed by atoms with Crippen LogP contribution in [0, 0.1) is 17.7 Å². The predicted octanol–water partition coefficient (Wildman–Crippen LogP) is 6.43. The minimum atomic E-state index is -0.445. The lowest BCUT2D eigenvalue weighted by Gasteiger charge is -2.53. The fourth-order valence-corrected chi connectivity index (χ4v) is 6.99. The molecule has 1 aromatic heterocycles. The van der Waals surface area contributed by atoms with Crippen LogP contribution in [0.4, 0.5) is 4.39 Å². The highest BCUT2D eigenvalue weighted by atomic mass is 79.9. The van der Waals surface area contributed by atoms with Crippen LogP contribution in [0.2, 0.25) is 0 Å². The van der Waals surface area contributed by atoms with E-state index in [4.69, 9.17) is 14.5 Å². The van der Waals surface area contributed by atoms with Crippen molar-refractivity contribution in [1.29, 1.82) is 0 Å². The number of ether oxygens (including phenoxy) is 2. The summed E-state index contributed by atoms with van der Waals surface area (Å²) in [6.07, 6.45) is 3.78. The van der Waals surface area contributed by atoms with Crippen LogP contribution in [-0.4, -0.2) is 28.6 Å². The average molecular weight is 511 g/mol. The lowest BCUT2D eigenvalue weighted by molar-refractivity contribution is -0.234. The molecule has 6 rings (SSSR count). The summed E-state index contributed by atoms with van der Waals surface area (Å²) in [5, 5.41) is 0. The lowest BCUT2D eigenvalue weighted by atomic mass is 9.55. The molecule has 2 heterocycles. The average Bonchev–Trinajstić information content (AvgIpc) is 3.43. The molecule has 6 heteroatoms. The molecule has 3 aliphatic rings. The third-order valence-corrected chi connectivity index (χ3v) is 8.73. The fraction of sp³-hybridized carbons (Fsp3) is 0.444. The Morgan fingerprint density at radius 1 is 1.09 bits per heavy atom. The summed E-state index contributed by atoms with van der Waals surface area (Å²) in [4.78, 5) is 5.31. The van der Waals surface area contributed by atoms with Gasteiger partial charge in [0.25, 0.3) is 0 Å². The summed E-state index contributed by atoms with van der Waals surface area (Å²) in [7, 11) is 0. The maximum atomic E-state index is 14.3. The van der Waals surface area contributed by atoms with Crippen molar-refractivity contribution in [3.05, 3.63) is 70.2 Å². The number of aromatic nitrogens is 2. The summed E-state index contributed by atoms with van der Waals surface area (Å²) in [6.45, 7) is 6.01. The van der Waals surface area contributed by atoms with Crippen LogP contribution in [0.15, 0.2) is 53.0 Å². The van der Waals surface area contributed by atoms with Crippen molar-refractivity contribution in [3.8, 4) is 17.1 Å². The summed E-state index contributed by atoms with van der Waals surface area (Å²) in [5.74, 6) is 0.900. The monoisotopic (exact) mass is 510 g/mol. The molecule has 3 aromatic rings. The first-order valence-electron chi connectivity index (χ1n) is 11.8. The topological polar surface area (TPSA) is 36.3 Å². The van der Waals surface area contributed by atoms with Gasteiger partial charge in [-0.15, -0.1) is 0 Å². The van der Waals surface area contributed by atoms with Gasteiger partial charge in [-0.3, -0.25) is 4.57 Å². The Balaban J connectivity index is 1.53. The van der Waals surface area contributed by atoms with Crippen molar-refractivity contribution in [1.82, 2.24) is 9.55 Å². The van der Waals surface area contributed by atoms with Gasteiger partial charge in [0.15, 0.2) is 5.79 Å². The van der Waals surface area contributed by atoms with E-state index in [2.05, 4.69) is 46.5 Å². The smallest absolute Gasteiger partial charge is 0.171 e. The second kappa shape index (κ2) is 7.76. The van der Waals surface area contributed by atoms with Crippen LogP contribution in [0.5, 0.6) is 0 Å². The molecule has 3 atom stereocenters. The molecule has 2 fully saturated rings. The van der Waals surface area contributed by atoms with Crippen LogP contribution in [0.3, 0.4) is 0 Å². The predicted molar refractivity (Wildman–Crippen MR) is 129 cm³/mol. The van der Waals surface area contributed by atoms with Gasteiger partial charge < -0.3 is 9.47 Å². The van der Waals surface area contributed by atoms with E-state index in [9.17, 15) is 4.39 Å². The quantitative estimate of drug-likeness (QED) is 0.398. The molecule has 2 aliphatic carbocycles. The Hall–Kier alpha value is -2.02. The van der Waals surface area contributed by atoms with Crippen molar-refractivity contribution < 1.29 is 13.9 Å². The third-order valence-electron chi connectivity index (χ3n) is 8.24. The zero-order valence-electron chi connectivity index (χ0n) is 19.0. The van der Waals surface area contributed by atoms with Gasteiger partial charge in [0.1, 0.15) is 11.6 Å². The normalized spacial score (nSPS) is 28.0. The largest absolute Gasteiger partial charge is 0.347 e. The zero-order chi connectivity index (χ0) is 22.8. The first kappa shape index (κ1) is 21.5. The van der Waals surface area contributed by atoms with Crippen molar-refractivity contribution in [2.24, 2.45) is 11.8 Å². The zero-order valence-corrected chi connectivity index (χ0v) is 20.6. The number of hydrogen-bond donors (Lipinski definition) is 0. The Morgan fingerprint density at radius 3 is 2.64 bits per heavy atom. The van der Waals surface area contributed by atoms with Crippen LogP contribution in [-0.2, 0) is 21.3 Å². The van der Waals surface area contributed by atoms with Gasteiger partial charge in [-0.2, -0.15) is 0 Å². The van der Waals surface area contributed by atoms with Crippen LogP contribution >= 0.6 is 15.9 Å². The van der Waals surface area contributed by atoms with Gasteiger partial charge >= 0.3 is 0 Å². The Bertz CT molecular complexity index is 1220. The highest BCUT2D eigenvalue weighted by Crippen LogP contribution is 2.57. The molecule has 33 heavy (non-hydrogen) atoms. The molecule has 172 valence electrons. The number of fused-ring (bicyclic) bond motifs is 3. The molecule has 4 nitrogen and oxygen atoms in total. The number of benzene rings is 2. The maximum Gasteiger partial charge on any atom is 0.171 e. The highest BCUT2D eigenvalue weighted by molar-refractivity contribution is 9.10. The van der Waals surface area contributed by atoms with E-state index >= 15 is 0 Å². The molecule has 1 spiro atoms. The van der Waals surface area contributed by atoms with E-state index in [-0.39, 0.29) is 11.2 Å². The van der Waals surface area contributed by atoms with Crippen molar-refractivity contribution in [2.75, 3.05) is 13.2 Å². The minimum Gasteiger partial charge on any atom is -0.347 e. The van der Waals surface area contributed by atoms with E-state index in [0.717, 1.165) is 52.9 Å². The second-order valence-corrected chi connectivity index (χ2v) is 10.8. The molecule has 0 unspecified atom stereocenters. The summed E-state index contributed by atoms with van der Waals surface area (Å²) < 4.78 is 29.8. The molecule has 0 N–H and O–H groups in total. The molecule has 1 aliphatic heterocycles. The molecule has 0 amide bonds.